The molecule has 0 saturated carbocycles. The first-order valence-corrected chi connectivity index (χ1v) is 11.8. The van der Waals surface area contributed by atoms with Crippen molar-refractivity contribution < 1.29 is 9.53 Å². The van der Waals surface area contributed by atoms with Crippen molar-refractivity contribution in [2.24, 2.45) is 0 Å². The Morgan fingerprint density at radius 3 is 2.77 bits per heavy atom. The molecule has 1 amide bonds. The fraction of sp³-hybridized carbons (Fsp3) is 0.346. The fourth-order valence-corrected chi connectivity index (χ4v) is 4.60. The molecule has 1 aliphatic heterocycles. The average Bonchev–Trinajstić information content (AvgIpc) is 3.29. The topological polar surface area (TPSA) is 106 Å². The summed E-state index contributed by atoms with van der Waals surface area (Å²) in [4.78, 5) is 35.4. The summed E-state index contributed by atoms with van der Waals surface area (Å²) in [7, 11) is 1.61. The second-order valence-corrected chi connectivity index (χ2v) is 9.02. The van der Waals surface area contributed by atoms with Crippen molar-refractivity contribution in [1.29, 1.82) is 0 Å². The first-order chi connectivity index (χ1) is 17.0. The molecule has 1 aliphatic rings. The van der Waals surface area contributed by atoms with E-state index in [1.54, 1.807) is 11.8 Å². The molecule has 4 aromatic rings. The summed E-state index contributed by atoms with van der Waals surface area (Å²) in [6, 6.07) is 15.7. The molecule has 2 aromatic heterocycles. The van der Waals surface area contributed by atoms with Gasteiger partial charge in [-0.3, -0.25) is 9.59 Å². The standard InChI is InChI=1S/C26H28N6O3/c1-17-9-11-18(12-10-17)15-32-25-23(29-30-32)26(34)28-24(27-25)20-7-5-13-31(16-20)22(33)14-19-6-3-4-8-21(19)35-2/h3-4,6,8-12,20H,5,7,13-16H2,1-2H3,(H,27,28,34). The highest BCUT2D eigenvalue weighted by atomic mass is 16.5. The molecule has 180 valence electrons. The number of rotatable bonds is 6. The normalized spacial score (nSPS) is 15.9. The summed E-state index contributed by atoms with van der Waals surface area (Å²) in [5, 5.41) is 8.23. The number of hydrogen-bond donors (Lipinski definition) is 1. The number of methoxy groups -OCH3 is 1. The van der Waals surface area contributed by atoms with Gasteiger partial charge in [-0.05, 0) is 31.4 Å². The van der Waals surface area contributed by atoms with Crippen LogP contribution in [-0.4, -0.2) is 56.0 Å². The van der Waals surface area contributed by atoms with Crippen molar-refractivity contribution in [3.05, 3.63) is 81.4 Å². The Morgan fingerprint density at radius 2 is 1.97 bits per heavy atom. The van der Waals surface area contributed by atoms with Crippen molar-refractivity contribution in [3.8, 4) is 5.75 Å². The zero-order chi connectivity index (χ0) is 24.4. The first kappa shape index (κ1) is 22.8. The molecule has 2 aromatic carbocycles. The Hall–Kier alpha value is -4.01. The summed E-state index contributed by atoms with van der Waals surface area (Å²) in [6.07, 6.45) is 1.95. The number of aryl methyl sites for hydroxylation is 1. The molecular formula is C26H28N6O3. The zero-order valence-corrected chi connectivity index (χ0v) is 19.9. The van der Waals surface area contributed by atoms with Gasteiger partial charge in [-0.15, -0.1) is 5.10 Å². The lowest BCUT2D eigenvalue weighted by Gasteiger charge is -2.32. The van der Waals surface area contributed by atoms with Crippen LogP contribution in [0.2, 0.25) is 0 Å². The Labute approximate surface area is 202 Å². The molecule has 1 saturated heterocycles. The van der Waals surface area contributed by atoms with E-state index < -0.39 is 0 Å². The number of piperidine rings is 1. The highest BCUT2D eigenvalue weighted by molar-refractivity contribution is 5.79. The Bertz CT molecular complexity index is 1410. The van der Waals surface area contributed by atoms with Crippen LogP contribution >= 0.6 is 0 Å². The molecular weight excluding hydrogens is 444 g/mol. The molecule has 1 N–H and O–H groups in total. The van der Waals surface area contributed by atoms with Crippen molar-refractivity contribution in [2.75, 3.05) is 20.2 Å². The molecule has 35 heavy (non-hydrogen) atoms. The molecule has 1 fully saturated rings. The lowest BCUT2D eigenvalue weighted by molar-refractivity contribution is -0.131. The number of nitrogens with zero attached hydrogens (tertiary/aromatic N) is 5. The molecule has 0 spiro atoms. The van der Waals surface area contributed by atoms with E-state index in [4.69, 9.17) is 9.72 Å². The summed E-state index contributed by atoms with van der Waals surface area (Å²) in [5.74, 6) is 1.25. The van der Waals surface area contributed by atoms with E-state index in [9.17, 15) is 9.59 Å². The van der Waals surface area contributed by atoms with E-state index in [1.807, 2.05) is 60.4 Å². The van der Waals surface area contributed by atoms with E-state index in [-0.39, 0.29) is 29.3 Å². The van der Waals surface area contributed by atoms with Gasteiger partial charge in [0.05, 0.1) is 20.1 Å². The molecule has 0 bridgehead atoms. The fourth-order valence-electron chi connectivity index (χ4n) is 4.60. The summed E-state index contributed by atoms with van der Waals surface area (Å²) < 4.78 is 7.05. The van der Waals surface area contributed by atoms with E-state index in [0.717, 1.165) is 24.0 Å². The number of carbonyl (C=O) groups is 1. The van der Waals surface area contributed by atoms with Crippen LogP contribution in [0.1, 0.15) is 41.3 Å². The van der Waals surface area contributed by atoms with Crippen LogP contribution in [-0.2, 0) is 17.8 Å². The number of benzene rings is 2. The number of carbonyl (C=O) groups excluding carboxylic acids is 1. The number of likely N-dealkylation sites (tertiary alicyclic amines) is 1. The number of aromatic amines is 1. The van der Waals surface area contributed by atoms with Crippen molar-refractivity contribution in [1.82, 2.24) is 29.9 Å². The number of ether oxygens (including phenoxy) is 1. The van der Waals surface area contributed by atoms with Gasteiger partial charge >= 0.3 is 0 Å². The van der Waals surface area contributed by atoms with Crippen LogP contribution in [0.3, 0.4) is 0 Å². The van der Waals surface area contributed by atoms with Crippen molar-refractivity contribution >= 4 is 17.1 Å². The first-order valence-electron chi connectivity index (χ1n) is 11.8. The number of fused-ring (bicyclic) bond motifs is 1. The van der Waals surface area contributed by atoms with Gasteiger partial charge in [-0.25, -0.2) is 9.67 Å². The maximum atomic E-state index is 13.1. The second-order valence-electron chi connectivity index (χ2n) is 9.02. The van der Waals surface area contributed by atoms with Crippen LogP contribution in [0.4, 0.5) is 0 Å². The highest BCUT2D eigenvalue weighted by Crippen LogP contribution is 2.26. The van der Waals surface area contributed by atoms with Crippen LogP contribution in [0.15, 0.2) is 53.3 Å². The number of aromatic nitrogens is 5. The monoisotopic (exact) mass is 472 g/mol. The predicted molar refractivity (Wildman–Crippen MR) is 131 cm³/mol. The van der Waals surface area contributed by atoms with Crippen LogP contribution in [0, 0.1) is 6.92 Å². The van der Waals surface area contributed by atoms with Gasteiger partial charge in [0.1, 0.15) is 11.6 Å². The quantitative estimate of drug-likeness (QED) is 0.463. The minimum atomic E-state index is -0.308. The van der Waals surface area contributed by atoms with Gasteiger partial charge in [-0.1, -0.05) is 53.2 Å². The lowest BCUT2D eigenvalue weighted by atomic mass is 9.96. The smallest absolute Gasteiger partial charge is 0.281 e. The summed E-state index contributed by atoms with van der Waals surface area (Å²) >= 11 is 0. The van der Waals surface area contributed by atoms with Crippen molar-refractivity contribution in [3.63, 3.8) is 0 Å². The van der Waals surface area contributed by atoms with Crippen LogP contribution in [0.25, 0.3) is 11.2 Å². The lowest BCUT2D eigenvalue weighted by Crippen LogP contribution is -2.40. The number of amides is 1. The molecule has 0 aliphatic carbocycles. The largest absolute Gasteiger partial charge is 0.496 e. The summed E-state index contributed by atoms with van der Waals surface area (Å²) in [6.45, 7) is 3.70. The van der Waals surface area contributed by atoms with Gasteiger partial charge in [0, 0.05) is 24.6 Å². The SMILES string of the molecule is COc1ccccc1CC(=O)N1CCCC(c2nc3c(nnn3Cc3ccc(C)cc3)c(=O)[nH]2)C1. The van der Waals surface area contributed by atoms with Crippen LogP contribution in [0.5, 0.6) is 5.75 Å². The Morgan fingerprint density at radius 1 is 1.17 bits per heavy atom. The Kier molecular flexibility index (Phi) is 6.31. The molecule has 1 atom stereocenters. The third-order valence-corrected chi connectivity index (χ3v) is 6.54. The number of para-hydroxylation sites is 1. The third-order valence-electron chi connectivity index (χ3n) is 6.54. The number of nitrogens with one attached hydrogen (secondary N) is 1. The van der Waals surface area contributed by atoms with E-state index in [2.05, 4.69) is 15.3 Å². The summed E-state index contributed by atoms with van der Waals surface area (Å²) in [5.41, 5.74) is 3.47. The van der Waals surface area contributed by atoms with Crippen molar-refractivity contribution in [2.45, 2.75) is 38.6 Å². The van der Waals surface area contributed by atoms with E-state index in [0.29, 0.717) is 36.9 Å². The van der Waals surface area contributed by atoms with E-state index in [1.165, 1.54) is 5.56 Å². The maximum Gasteiger partial charge on any atom is 0.281 e. The minimum Gasteiger partial charge on any atom is -0.496 e. The maximum absolute atomic E-state index is 13.1. The second kappa shape index (κ2) is 9.69. The van der Waals surface area contributed by atoms with Gasteiger partial charge in [-0.2, -0.15) is 0 Å². The number of hydrogen-bond acceptors (Lipinski definition) is 6. The number of H-pyrrole nitrogens is 1. The molecule has 0 radical (unpaired) electrons. The minimum absolute atomic E-state index is 0.0358. The van der Waals surface area contributed by atoms with E-state index >= 15 is 0 Å². The molecule has 9 heteroatoms. The average molecular weight is 473 g/mol. The van der Waals surface area contributed by atoms with Gasteiger partial charge < -0.3 is 14.6 Å². The zero-order valence-electron chi connectivity index (χ0n) is 19.9. The molecule has 1 unspecified atom stereocenters. The van der Waals surface area contributed by atoms with Gasteiger partial charge in [0.2, 0.25) is 5.91 Å². The third kappa shape index (κ3) is 4.80. The predicted octanol–water partition coefficient (Wildman–Crippen LogP) is 2.83. The molecule has 9 nitrogen and oxygen atoms in total. The van der Waals surface area contributed by atoms with Gasteiger partial charge in [0.15, 0.2) is 11.2 Å². The molecule has 3 heterocycles. The Balaban J connectivity index is 1.37. The van der Waals surface area contributed by atoms with Crippen LogP contribution < -0.4 is 10.3 Å². The van der Waals surface area contributed by atoms with Gasteiger partial charge in [0.25, 0.3) is 5.56 Å². The molecule has 5 rings (SSSR count). The highest BCUT2D eigenvalue weighted by Gasteiger charge is 2.28.